The fourth-order valence-corrected chi connectivity index (χ4v) is 6.39. The summed E-state index contributed by atoms with van der Waals surface area (Å²) in [6.45, 7) is 2.86. The van der Waals surface area contributed by atoms with Gasteiger partial charge in [-0.1, -0.05) is 14.6 Å². The summed E-state index contributed by atoms with van der Waals surface area (Å²) in [7, 11) is 2.06. The number of nitrogens with two attached hydrogens (primary N) is 1. The minimum absolute atomic E-state index is 0.127. The molecule has 2 unspecified atom stereocenters. The fourth-order valence-electron chi connectivity index (χ4n) is 4.63. The van der Waals surface area contributed by atoms with Crippen LogP contribution in [0.15, 0.2) is 24.3 Å². The summed E-state index contributed by atoms with van der Waals surface area (Å²) in [5.41, 5.74) is 14.8. The van der Waals surface area contributed by atoms with Gasteiger partial charge < -0.3 is 15.2 Å². The molecule has 0 bridgehead atoms. The third-order valence-corrected chi connectivity index (χ3v) is 8.53. The number of carbonyl (C=O) groups is 1. The van der Waals surface area contributed by atoms with Crippen molar-refractivity contribution >= 4 is 20.2 Å². The molecule has 3 aliphatic rings. The Morgan fingerprint density at radius 1 is 1.23 bits per heavy atom. The Morgan fingerprint density at radius 2 is 2.03 bits per heavy atom. The molecule has 2 aliphatic carbocycles. The maximum absolute atomic E-state index is 13.0. The highest BCUT2D eigenvalue weighted by molar-refractivity contribution is 7.41. The summed E-state index contributed by atoms with van der Waals surface area (Å²) in [6.07, 6.45) is 6.90. The zero-order chi connectivity index (χ0) is 20.8. The monoisotopic (exact) mass is 423 g/mol. The molecule has 5 rings (SSSR count). The van der Waals surface area contributed by atoms with Crippen molar-refractivity contribution in [3.05, 3.63) is 46.5 Å². The molecular weight excluding hydrogens is 393 g/mol. The number of anilines is 1. The van der Waals surface area contributed by atoms with Gasteiger partial charge in [0.25, 0.3) is 0 Å². The van der Waals surface area contributed by atoms with Crippen LogP contribution in [0.4, 0.5) is 5.69 Å². The molecule has 30 heavy (non-hydrogen) atoms. The first-order valence-electron chi connectivity index (χ1n) is 11.1. The topological polar surface area (TPSA) is 61.5 Å². The highest BCUT2D eigenvalue weighted by atomic mass is 31.1. The number of aryl methyl sites for hydroxylation is 1. The van der Waals surface area contributed by atoms with Gasteiger partial charge in [0, 0.05) is 5.69 Å². The lowest BCUT2D eigenvalue weighted by molar-refractivity contribution is -0.140. The molecule has 2 fully saturated rings. The van der Waals surface area contributed by atoms with Crippen molar-refractivity contribution in [1.29, 1.82) is 0 Å². The van der Waals surface area contributed by atoms with Gasteiger partial charge in [-0.3, -0.25) is 4.79 Å². The average molecular weight is 423 g/mol. The summed E-state index contributed by atoms with van der Waals surface area (Å²) in [5.74, 6) is 1.41. The molecule has 2 N–H and O–H groups in total. The van der Waals surface area contributed by atoms with E-state index in [4.69, 9.17) is 15.2 Å². The summed E-state index contributed by atoms with van der Waals surface area (Å²) in [6, 6.07) is 8.71. The number of hydrogen-bond donors (Lipinski definition) is 1. The van der Waals surface area contributed by atoms with Crippen LogP contribution in [0.1, 0.15) is 65.9 Å². The zero-order valence-electron chi connectivity index (χ0n) is 17.8. The highest BCUT2D eigenvalue weighted by Gasteiger charge is 2.37. The van der Waals surface area contributed by atoms with Crippen LogP contribution in [0.3, 0.4) is 0 Å². The van der Waals surface area contributed by atoms with Crippen LogP contribution in [-0.4, -0.2) is 25.3 Å². The molecule has 2 aromatic rings. The Labute approximate surface area is 180 Å². The maximum atomic E-state index is 13.0. The van der Waals surface area contributed by atoms with Gasteiger partial charge in [-0.15, -0.1) is 0 Å². The number of carbonyl (C=O) groups excluding carboxylic acids is 1. The Balaban J connectivity index is 1.72. The van der Waals surface area contributed by atoms with Gasteiger partial charge in [0.1, 0.15) is 5.75 Å². The van der Waals surface area contributed by atoms with E-state index in [9.17, 15) is 4.79 Å². The molecule has 0 saturated heterocycles. The molecule has 2 atom stereocenters. The second kappa shape index (κ2) is 7.89. The van der Waals surface area contributed by atoms with E-state index in [0.717, 1.165) is 42.0 Å². The lowest BCUT2D eigenvalue weighted by Crippen LogP contribution is -2.15. The van der Waals surface area contributed by atoms with E-state index in [2.05, 4.69) is 31.2 Å². The molecule has 0 aromatic heterocycles. The Kier molecular flexibility index (Phi) is 5.23. The minimum Gasteiger partial charge on any atom is -0.493 e. The number of ether oxygens (including phenoxy) is 2. The van der Waals surface area contributed by atoms with Crippen LogP contribution in [-0.2, 0) is 16.0 Å². The molecule has 2 aromatic carbocycles. The normalized spacial score (nSPS) is 19.4. The van der Waals surface area contributed by atoms with Gasteiger partial charge in [-0.25, -0.2) is 0 Å². The molecule has 0 spiro atoms. The van der Waals surface area contributed by atoms with Crippen molar-refractivity contribution in [2.75, 3.05) is 19.5 Å². The zero-order valence-corrected chi connectivity index (χ0v) is 18.8. The molecule has 1 aliphatic heterocycles. The van der Waals surface area contributed by atoms with Crippen molar-refractivity contribution in [3.63, 3.8) is 0 Å². The number of benzene rings is 2. The number of esters is 1. The van der Waals surface area contributed by atoms with Gasteiger partial charge in [-0.05, 0) is 109 Å². The summed E-state index contributed by atoms with van der Waals surface area (Å²) in [5, 5.41) is 0. The van der Waals surface area contributed by atoms with Crippen LogP contribution < -0.4 is 10.5 Å². The van der Waals surface area contributed by atoms with E-state index in [0.29, 0.717) is 20.2 Å². The third kappa shape index (κ3) is 3.71. The maximum Gasteiger partial charge on any atom is 0.317 e. The van der Waals surface area contributed by atoms with Crippen molar-refractivity contribution in [1.82, 2.24) is 0 Å². The van der Waals surface area contributed by atoms with Gasteiger partial charge in [0.05, 0.1) is 19.4 Å². The first kappa shape index (κ1) is 19.9. The van der Waals surface area contributed by atoms with Gasteiger partial charge in [-0.2, -0.15) is 0 Å². The van der Waals surface area contributed by atoms with E-state index in [1.165, 1.54) is 55.0 Å². The number of hydrogen-bond acceptors (Lipinski definition) is 4. The van der Waals surface area contributed by atoms with Crippen LogP contribution in [0, 0.1) is 6.92 Å². The van der Waals surface area contributed by atoms with Crippen molar-refractivity contribution < 1.29 is 14.3 Å². The van der Waals surface area contributed by atoms with Crippen molar-refractivity contribution in [2.24, 2.45) is 0 Å². The van der Waals surface area contributed by atoms with E-state index in [-0.39, 0.29) is 11.6 Å². The van der Waals surface area contributed by atoms with Crippen LogP contribution >= 0.6 is 8.58 Å². The van der Waals surface area contributed by atoms with Crippen LogP contribution in [0.5, 0.6) is 5.75 Å². The molecule has 0 amide bonds. The predicted octanol–water partition coefficient (Wildman–Crippen LogP) is 5.50. The summed E-state index contributed by atoms with van der Waals surface area (Å²) in [4.78, 5) is 13.0. The molecule has 0 radical (unpaired) electrons. The van der Waals surface area contributed by atoms with Gasteiger partial charge in [0.15, 0.2) is 0 Å². The van der Waals surface area contributed by atoms with E-state index in [1.807, 2.05) is 0 Å². The third-order valence-electron chi connectivity index (χ3n) is 6.63. The number of methoxy groups -OCH3 is 1. The highest BCUT2D eigenvalue weighted by Crippen LogP contribution is 2.55. The van der Waals surface area contributed by atoms with E-state index >= 15 is 0 Å². The van der Waals surface area contributed by atoms with Gasteiger partial charge in [0.2, 0.25) is 0 Å². The van der Waals surface area contributed by atoms with Crippen molar-refractivity contribution in [3.8, 4) is 16.9 Å². The second-order valence-electron chi connectivity index (χ2n) is 8.91. The lowest BCUT2D eigenvalue weighted by atomic mass is 9.85. The minimum atomic E-state index is -0.231. The molecule has 1 heterocycles. The average Bonchev–Trinajstić information content (AvgIpc) is 3.67. The molecule has 4 nitrogen and oxygen atoms in total. The van der Waals surface area contributed by atoms with E-state index in [1.54, 1.807) is 0 Å². The molecule has 5 heteroatoms. The van der Waals surface area contributed by atoms with Crippen molar-refractivity contribution in [2.45, 2.75) is 62.7 Å². The largest absolute Gasteiger partial charge is 0.493 e. The fraction of sp³-hybridized carbons (Fsp3) is 0.480. The smallest absolute Gasteiger partial charge is 0.317 e. The number of fused-ring (bicyclic) bond motifs is 1. The summed E-state index contributed by atoms with van der Waals surface area (Å²) >= 11 is 0. The molecule has 158 valence electrons. The van der Waals surface area contributed by atoms with Gasteiger partial charge >= 0.3 is 5.97 Å². The summed E-state index contributed by atoms with van der Waals surface area (Å²) < 4.78 is 11.1. The number of nitrogen functional groups attached to an aromatic ring is 1. The Morgan fingerprint density at radius 3 is 2.73 bits per heavy atom. The number of rotatable bonds is 6. The quantitative estimate of drug-likeness (QED) is 0.379. The predicted molar refractivity (Wildman–Crippen MR) is 123 cm³/mol. The Hall–Kier alpha value is -2.06. The SMILES string of the molecule is COC(=O)C(PC1CC1)c1c(C)c(N)cc(C2CC2)c1-c1ccc2c(c1)CCCO2. The lowest BCUT2D eigenvalue weighted by Gasteiger charge is -2.26. The molecular formula is C25H30NO3P. The van der Waals surface area contributed by atoms with Crippen LogP contribution in [0.2, 0.25) is 0 Å². The van der Waals surface area contributed by atoms with E-state index < -0.39 is 0 Å². The second-order valence-corrected chi connectivity index (χ2v) is 10.6. The first-order valence-corrected chi connectivity index (χ1v) is 12.2. The molecule has 2 saturated carbocycles. The van der Waals surface area contributed by atoms with Crippen LogP contribution in [0.25, 0.3) is 11.1 Å². The first-order chi connectivity index (χ1) is 14.6. The standard InChI is InChI=1S/C25H30NO3P/c1-14-20(26)13-19(15-5-6-15)23(17-7-10-21-16(12-17)4-3-11-29-21)22(14)24(25(27)28-2)30-18-8-9-18/h7,10,12-13,15,18,24,30H,3-6,8-9,11,26H2,1-2H3. The Bertz CT molecular complexity index is 994.